The van der Waals surface area contributed by atoms with Crippen molar-refractivity contribution < 1.29 is 14.7 Å². The lowest BCUT2D eigenvalue weighted by atomic mass is 9.88. The first-order chi connectivity index (χ1) is 8.29. The van der Waals surface area contributed by atoms with E-state index in [1.165, 1.54) is 5.57 Å². The second-order valence-corrected chi connectivity index (χ2v) is 5.40. The summed E-state index contributed by atoms with van der Waals surface area (Å²) < 4.78 is 0. The molecule has 0 rings (SSSR count). The Hall–Kier alpha value is -1.38. The monoisotopic (exact) mass is 252 g/mol. The summed E-state index contributed by atoms with van der Waals surface area (Å²) >= 11 is 0. The van der Waals surface area contributed by atoms with E-state index < -0.39 is 11.4 Å². The van der Waals surface area contributed by atoms with Gasteiger partial charge in [0.2, 0.25) is 0 Å². The van der Waals surface area contributed by atoms with Gasteiger partial charge in [0.1, 0.15) is 6.29 Å². The predicted molar refractivity (Wildman–Crippen MR) is 73.5 cm³/mol. The molecule has 0 aromatic heterocycles. The first-order valence-electron chi connectivity index (χ1n) is 6.28. The number of allylic oxidation sites excluding steroid dienone is 4. The van der Waals surface area contributed by atoms with Crippen molar-refractivity contribution in [3.63, 3.8) is 0 Å². The molecule has 18 heavy (non-hydrogen) atoms. The quantitative estimate of drug-likeness (QED) is 0.528. The fourth-order valence-corrected chi connectivity index (χ4v) is 1.38. The summed E-state index contributed by atoms with van der Waals surface area (Å²) in [5.41, 5.74) is 1.58. The number of carbonyl (C=O) groups excluding carboxylic acids is 1. The molecule has 0 saturated carbocycles. The van der Waals surface area contributed by atoms with Crippen LogP contribution in [-0.2, 0) is 9.59 Å². The molecule has 1 N–H and O–H groups in total. The number of rotatable bonds is 8. The van der Waals surface area contributed by atoms with Crippen LogP contribution in [0.3, 0.4) is 0 Å². The van der Waals surface area contributed by atoms with Crippen LogP contribution in [-0.4, -0.2) is 17.4 Å². The first kappa shape index (κ1) is 16.6. The minimum Gasteiger partial charge on any atom is -0.481 e. The Kier molecular flexibility index (Phi) is 7.25. The lowest BCUT2D eigenvalue weighted by Gasteiger charge is -2.16. The van der Waals surface area contributed by atoms with E-state index in [1.807, 2.05) is 19.9 Å². The average Bonchev–Trinajstić information content (AvgIpc) is 2.26. The maximum absolute atomic E-state index is 10.9. The fraction of sp³-hybridized carbons (Fsp3) is 0.600. The smallest absolute Gasteiger partial charge is 0.309 e. The molecule has 3 nitrogen and oxygen atoms in total. The van der Waals surface area contributed by atoms with Gasteiger partial charge >= 0.3 is 5.97 Å². The molecule has 3 heteroatoms. The van der Waals surface area contributed by atoms with E-state index in [2.05, 4.69) is 6.08 Å². The highest BCUT2D eigenvalue weighted by Gasteiger charge is 2.25. The third kappa shape index (κ3) is 7.05. The van der Waals surface area contributed by atoms with E-state index in [4.69, 9.17) is 5.11 Å². The molecular formula is C15H24O3. The highest BCUT2D eigenvalue weighted by Crippen LogP contribution is 2.22. The Bertz CT molecular complexity index is 349. The zero-order chi connectivity index (χ0) is 14.2. The van der Waals surface area contributed by atoms with E-state index >= 15 is 0 Å². The molecule has 0 bridgehead atoms. The van der Waals surface area contributed by atoms with Gasteiger partial charge in [0.05, 0.1) is 5.41 Å². The van der Waals surface area contributed by atoms with Crippen LogP contribution in [0.5, 0.6) is 0 Å². The molecule has 0 unspecified atom stereocenters. The van der Waals surface area contributed by atoms with Crippen LogP contribution in [0.25, 0.3) is 0 Å². The van der Waals surface area contributed by atoms with Crippen molar-refractivity contribution in [2.75, 3.05) is 0 Å². The van der Waals surface area contributed by atoms with Crippen molar-refractivity contribution in [3.8, 4) is 0 Å². The van der Waals surface area contributed by atoms with Gasteiger partial charge in [0.15, 0.2) is 0 Å². The lowest BCUT2D eigenvalue weighted by Crippen LogP contribution is -2.22. The van der Waals surface area contributed by atoms with Gasteiger partial charge in [-0.25, -0.2) is 0 Å². The third-order valence-corrected chi connectivity index (χ3v) is 2.98. The van der Waals surface area contributed by atoms with Crippen LogP contribution in [0.1, 0.15) is 53.4 Å². The van der Waals surface area contributed by atoms with Crippen LogP contribution < -0.4 is 0 Å². The van der Waals surface area contributed by atoms with Crippen LogP contribution in [0.15, 0.2) is 23.3 Å². The average molecular weight is 252 g/mol. The van der Waals surface area contributed by atoms with Gasteiger partial charge in [-0.2, -0.15) is 0 Å². The molecule has 0 radical (unpaired) electrons. The van der Waals surface area contributed by atoms with Crippen molar-refractivity contribution in [3.05, 3.63) is 23.3 Å². The molecule has 102 valence electrons. The number of hydrogen-bond donors (Lipinski definition) is 1. The molecule has 0 aliphatic carbocycles. The van der Waals surface area contributed by atoms with Crippen LogP contribution in [0.4, 0.5) is 0 Å². The van der Waals surface area contributed by atoms with Crippen LogP contribution >= 0.6 is 0 Å². The second-order valence-electron chi connectivity index (χ2n) is 5.40. The summed E-state index contributed by atoms with van der Waals surface area (Å²) in [7, 11) is 0. The minimum atomic E-state index is -0.770. The fourth-order valence-electron chi connectivity index (χ4n) is 1.38. The predicted octanol–water partition coefficient (Wildman–Crippen LogP) is 3.75. The number of carbonyl (C=O) groups is 2. The van der Waals surface area contributed by atoms with Gasteiger partial charge < -0.3 is 9.90 Å². The maximum atomic E-state index is 10.9. The Morgan fingerprint density at radius 1 is 1.17 bits per heavy atom. The van der Waals surface area contributed by atoms with Gasteiger partial charge in [-0.05, 0) is 47.0 Å². The van der Waals surface area contributed by atoms with Gasteiger partial charge in [-0.3, -0.25) is 4.79 Å². The number of carboxylic acid groups (broad SMARTS) is 1. The zero-order valence-electron chi connectivity index (χ0n) is 11.8. The number of hydrogen-bond acceptors (Lipinski definition) is 2. The molecule has 0 spiro atoms. The van der Waals surface area contributed by atoms with Gasteiger partial charge in [-0.1, -0.05) is 23.3 Å². The lowest BCUT2D eigenvalue weighted by molar-refractivity contribution is -0.146. The van der Waals surface area contributed by atoms with Crippen molar-refractivity contribution in [2.45, 2.75) is 53.4 Å². The molecule has 0 amide bonds. The second kappa shape index (κ2) is 7.85. The summed E-state index contributed by atoms with van der Waals surface area (Å²) in [5.74, 6) is -0.770. The largest absolute Gasteiger partial charge is 0.481 e. The Morgan fingerprint density at radius 2 is 1.78 bits per heavy atom. The molecule has 0 aliphatic rings. The van der Waals surface area contributed by atoms with E-state index in [-0.39, 0.29) is 0 Å². The standard InChI is InChI=1S/C15H24O3/c1-12(6-5-7-13(2)9-11-16)8-10-15(3,4)14(17)18/h7-8,11H,5-6,9-10H2,1-4H3,(H,17,18). The Morgan fingerprint density at radius 3 is 2.28 bits per heavy atom. The van der Waals surface area contributed by atoms with Crippen LogP contribution in [0.2, 0.25) is 0 Å². The van der Waals surface area contributed by atoms with E-state index in [0.717, 1.165) is 24.7 Å². The molecule has 0 aromatic rings. The third-order valence-electron chi connectivity index (χ3n) is 2.98. The van der Waals surface area contributed by atoms with Crippen molar-refractivity contribution in [1.82, 2.24) is 0 Å². The molecule has 0 heterocycles. The van der Waals surface area contributed by atoms with Gasteiger partial charge in [0.25, 0.3) is 0 Å². The highest BCUT2D eigenvalue weighted by molar-refractivity contribution is 5.73. The summed E-state index contributed by atoms with van der Waals surface area (Å²) in [4.78, 5) is 21.2. The van der Waals surface area contributed by atoms with E-state index in [1.54, 1.807) is 13.8 Å². The van der Waals surface area contributed by atoms with Gasteiger partial charge in [-0.15, -0.1) is 0 Å². The zero-order valence-corrected chi connectivity index (χ0v) is 11.8. The van der Waals surface area contributed by atoms with Gasteiger partial charge in [0, 0.05) is 6.42 Å². The van der Waals surface area contributed by atoms with Crippen LogP contribution in [0, 0.1) is 5.41 Å². The topological polar surface area (TPSA) is 54.4 Å². The Balaban J connectivity index is 4.18. The number of aldehydes is 1. The molecule has 0 aliphatic heterocycles. The molecule has 0 aromatic carbocycles. The van der Waals surface area contributed by atoms with E-state index in [9.17, 15) is 9.59 Å². The number of carboxylic acids is 1. The minimum absolute atomic E-state index is 0.495. The van der Waals surface area contributed by atoms with Crippen molar-refractivity contribution in [2.24, 2.45) is 5.41 Å². The Labute approximate surface area is 110 Å². The summed E-state index contributed by atoms with van der Waals surface area (Å²) in [5, 5.41) is 8.99. The molecule has 0 fully saturated rings. The maximum Gasteiger partial charge on any atom is 0.309 e. The molecular weight excluding hydrogens is 228 g/mol. The van der Waals surface area contributed by atoms with Crippen molar-refractivity contribution >= 4 is 12.3 Å². The SMILES string of the molecule is CC(=CCCC(C)=CCC(C)(C)C(=O)O)CC=O. The highest BCUT2D eigenvalue weighted by atomic mass is 16.4. The number of aliphatic carboxylic acids is 1. The summed E-state index contributed by atoms with van der Waals surface area (Å²) in [6.07, 6.45) is 7.82. The normalized spacial score (nSPS) is 13.6. The van der Waals surface area contributed by atoms with E-state index in [0.29, 0.717) is 12.8 Å². The summed E-state index contributed by atoms with van der Waals surface area (Å²) in [6, 6.07) is 0. The van der Waals surface area contributed by atoms with Crippen molar-refractivity contribution in [1.29, 1.82) is 0 Å². The molecule has 0 saturated heterocycles. The molecule has 0 atom stereocenters. The first-order valence-corrected chi connectivity index (χ1v) is 6.28. The summed E-state index contributed by atoms with van der Waals surface area (Å²) in [6.45, 7) is 7.42.